The summed E-state index contributed by atoms with van der Waals surface area (Å²) in [7, 11) is 0. The van der Waals surface area contributed by atoms with Crippen molar-refractivity contribution in [2.75, 3.05) is 0 Å². The standard InChI is InChI=1S/C22H17BrN4S/c23-20-9-5-4-8-19(20)21-16-28-22(25-14-17-6-2-1-3-7-17)27(21)26-15-18-10-12-24-13-11-18/h1-13,15-16H,14H2. The Morgan fingerprint density at radius 1 is 0.964 bits per heavy atom. The highest BCUT2D eigenvalue weighted by Crippen LogP contribution is 2.28. The molecule has 0 aliphatic carbocycles. The summed E-state index contributed by atoms with van der Waals surface area (Å²) in [5.41, 5.74) is 4.23. The molecule has 0 unspecified atom stereocenters. The molecule has 0 saturated heterocycles. The van der Waals surface area contributed by atoms with Crippen molar-refractivity contribution in [3.8, 4) is 11.3 Å². The first-order valence-corrected chi connectivity index (χ1v) is 10.4. The Hall–Kier alpha value is -2.83. The Kier molecular flexibility index (Phi) is 5.89. The Morgan fingerprint density at radius 2 is 1.71 bits per heavy atom. The zero-order chi connectivity index (χ0) is 19.2. The first-order valence-electron chi connectivity index (χ1n) is 8.75. The quantitative estimate of drug-likeness (QED) is 0.379. The molecule has 0 N–H and O–H groups in total. The molecule has 4 rings (SSSR count). The zero-order valence-corrected chi connectivity index (χ0v) is 17.3. The van der Waals surface area contributed by atoms with E-state index in [-0.39, 0.29) is 0 Å². The fourth-order valence-electron chi connectivity index (χ4n) is 2.69. The van der Waals surface area contributed by atoms with Gasteiger partial charge in [0.05, 0.1) is 18.5 Å². The monoisotopic (exact) mass is 448 g/mol. The molecule has 0 radical (unpaired) electrons. The molecule has 2 heterocycles. The Labute approximate surface area is 175 Å². The number of halogens is 1. The van der Waals surface area contributed by atoms with E-state index in [4.69, 9.17) is 10.1 Å². The number of nitrogens with zero attached hydrogens (tertiary/aromatic N) is 4. The third kappa shape index (κ3) is 4.35. The summed E-state index contributed by atoms with van der Waals surface area (Å²) in [6, 6.07) is 22.2. The fourth-order valence-corrected chi connectivity index (χ4v) is 4.01. The fraction of sp³-hybridized carbons (Fsp3) is 0.0455. The van der Waals surface area contributed by atoms with Gasteiger partial charge in [-0.05, 0) is 29.3 Å². The summed E-state index contributed by atoms with van der Waals surface area (Å²) >= 11 is 5.23. The van der Waals surface area contributed by atoms with Crippen LogP contribution in [0.4, 0.5) is 0 Å². The molecule has 0 spiro atoms. The van der Waals surface area contributed by atoms with Crippen molar-refractivity contribution >= 4 is 33.5 Å². The average Bonchev–Trinajstić information content (AvgIpc) is 3.15. The van der Waals surface area contributed by atoms with E-state index in [0.29, 0.717) is 6.54 Å². The first kappa shape index (κ1) is 18.5. The lowest BCUT2D eigenvalue weighted by Crippen LogP contribution is -2.12. The van der Waals surface area contributed by atoms with Gasteiger partial charge in [0.2, 0.25) is 4.80 Å². The maximum absolute atomic E-state index is 4.80. The molecule has 2 aromatic carbocycles. The van der Waals surface area contributed by atoms with Crippen LogP contribution in [0.3, 0.4) is 0 Å². The molecule has 0 saturated carbocycles. The van der Waals surface area contributed by atoms with Crippen LogP contribution in [0.2, 0.25) is 0 Å². The highest BCUT2D eigenvalue weighted by atomic mass is 79.9. The maximum atomic E-state index is 4.80. The van der Waals surface area contributed by atoms with Crippen molar-refractivity contribution in [1.82, 2.24) is 9.66 Å². The molecular weight excluding hydrogens is 432 g/mol. The van der Waals surface area contributed by atoms with Crippen LogP contribution < -0.4 is 4.80 Å². The SMILES string of the molecule is Brc1ccccc1-c1csc(=NCc2ccccc2)n1N=Cc1ccncc1. The summed E-state index contributed by atoms with van der Waals surface area (Å²) in [6.45, 7) is 0.613. The predicted molar refractivity (Wildman–Crippen MR) is 118 cm³/mol. The molecule has 28 heavy (non-hydrogen) atoms. The Bertz CT molecular complexity index is 1150. The minimum atomic E-state index is 0.613. The summed E-state index contributed by atoms with van der Waals surface area (Å²) in [4.78, 5) is 9.71. The minimum absolute atomic E-state index is 0.613. The van der Waals surface area contributed by atoms with Gasteiger partial charge >= 0.3 is 0 Å². The van der Waals surface area contributed by atoms with Crippen molar-refractivity contribution in [2.45, 2.75) is 6.54 Å². The van der Waals surface area contributed by atoms with E-state index < -0.39 is 0 Å². The van der Waals surface area contributed by atoms with E-state index in [1.807, 2.05) is 59.4 Å². The van der Waals surface area contributed by atoms with Gasteiger partial charge in [0.15, 0.2) is 0 Å². The van der Waals surface area contributed by atoms with Gasteiger partial charge in [-0.15, -0.1) is 11.3 Å². The van der Waals surface area contributed by atoms with Crippen LogP contribution >= 0.6 is 27.3 Å². The smallest absolute Gasteiger partial charge is 0.206 e. The molecule has 4 aromatic rings. The van der Waals surface area contributed by atoms with Gasteiger partial charge in [-0.2, -0.15) is 5.10 Å². The second-order valence-electron chi connectivity index (χ2n) is 6.02. The second-order valence-corrected chi connectivity index (χ2v) is 7.71. The number of pyridine rings is 1. The van der Waals surface area contributed by atoms with E-state index in [1.165, 1.54) is 5.56 Å². The van der Waals surface area contributed by atoms with Gasteiger partial charge in [-0.3, -0.25) is 9.98 Å². The number of benzene rings is 2. The summed E-state index contributed by atoms with van der Waals surface area (Å²) in [5.74, 6) is 0. The lowest BCUT2D eigenvalue weighted by atomic mass is 10.2. The van der Waals surface area contributed by atoms with Crippen molar-refractivity contribution in [3.63, 3.8) is 0 Å². The van der Waals surface area contributed by atoms with Crippen LogP contribution in [-0.2, 0) is 6.54 Å². The predicted octanol–water partition coefficient (Wildman–Crippen LogP) is 5.36. The highest BCUT2D eigenvalue weighted by Gasteiger charge is 2.10. The van der Waals surface area contributed by atoms with Crippen LogP contribution in [0, 0.1) is 0 Å². The number of aromatic nitrogens is 2. The lowest BCUT2D eigenvalue weighted by Gasteiger charge is -2.05. The van der Waals surface area contributed by atoms with Crippen molar-refractivity contribution in [3.05, 3.63) is 105 Å². The minimum Gasteiger partial charge on any atom is -0.265 e. The van der Waals surface area contributed by atoms with Gasteiger partial charge in [-0.25, -0.2) is 4.68 Å². The molecule has 0 atom stereocenters. The van der Waals surface area contributed by atoms with Gasteiger partial charge in [0.1, 0.15) is 0 Å². The summed E-state index contributed by atoms with van der Waals surface area (Å²) in [5, 5.41) is 6.82. The largest absolute Gasteiger partial charge is 0.265 e. The van der Waals surface area contributed by atoms with E-state index in [1.54, 1.807) is 23.7 Å². The van der Waals surface area contributed by atoms with Crippen LogP contribution in [-0.4, -0.2) is 15.9 Å². The van der Waals surface area contributed by atoms with E-state index in [0.717, 1.165) is 26.1 Å². The summed E-state index contributed by atoms with van der Waals surface area (Å²) < 4.78 is 2.92. The summed E-state index contributed by atoms with van der Waals surface area (Å²) in [6.07, 6.45) is 5.35. The molecule has 0 aliphatic heterocycles. The molecular formula is C22H17BrN4S. The van der Waals surface area contributed by atoms with Crippen LogP contribution in [0.25, 0.3) is 11.3 Å². The van der Waals surface area contributed by atoms with E-state index >= 15 is 0 Å². The first-order chi connectivity index (χ1) is 13.8. The molecule has 138 valence electrons. The van der Waals surface area contributed by atoms with Crippen molar-refractivity contribution < 1.29 is 0 Å². The average molecular weight is 449 g/mol. The number of rotatable bonds is 5. The molecule has 0 amide bonds. The number of hydrogen-bond acceptors (Lipinski definition) is 4. The van der Waals surface area contributed by atoms with Crippen molar-refractivity contribution in [2.24, 2.45) is 10.1 Å². The van der Waals surface area contributed by atoms with Crippen molar-refractivity contribution in [1.29, 1.82) is 0 Å². The van der Waals surface area contributed by atoms with Gasteiger partial charge in [0.25, 0.3) is 0 Å². The van der Waals surface area contributed by atoms with E-state index in [2.05, 4.69) is 44.5 Å². The van der Waals surface area contributed by atoms with Crippen LogP contribution in [0.15, 0.2) is 99.1 Å². The molecule has 0 fully saturated rings. The normalized spacial score (nSPS) is 12.0. The van der Waals surface area contributed by atoms with Crippen LogP contribution in [0.1, 0.15) is 11.1 Å². The molecule has 0 bridgehead atoms. The van der Waals surface area contributed by atoms with Gasteiger partial charge in [-0.1, -0.05) is 64.5 Å². The number of hydrogen-bond donors (Lipinski definition) is 0. The third-order valence-electron chi connectivity index (χ3n) is 4.10. The maximum Gasteiger partial charge on any atom is 0.206 e. The zero-order valence-electron chi connectivity index (χ0n) is 14.9. The second kappa shape index (κ2) is 8.91. The Morgan fingerprint density at radius 3 is 2.50 bits per heavy atom. The number of thiazole rings is 1. The molecule has 2 aromatic heterocycles. The van der Waals surface area contributed by atoms with Crippen LogP contribution in [0.5, 0.6) is 0 Å². The highest BCUT2D eigenvalue weighted by molar-refractivity contribution is 9.10. The molecule has 0 aliphatic rings. The Balaban J connectivity index is 1.78. The lowest BCUT2D eigenvalue weighted by molar-refractivity contribution is 0.824. The van der Waals surface area contributed by atoms with Gasteiger partial charge in [0, 0.05) is 27.8 Å². The molecule has 4 nitrogen and oxygen atoms in total. The van der Waals surface area contributed by atoms with Gasteiger partial charge < -0.3 is 0 Å². The molecule has 6 heteroatoms. The topological polar surface area (TPSA) is 42.5 Å². The third-order valence-corrected chi connectivity index (χ3v) is 5.65. The van der Waals surface area contributed by atoms with E-state index in [9.17, 15) is 0 Å².